The Kier molecular flexibility index (Phi) is 9.45. The average Bonchev–Trinajstić information content (AvgIpc) is 2.58. The molecule has 2 amide bonds. The second-order valence-corrected chi connectivity index (χ2v) is 6.70. The summed E-state index contributed by atoms with van der Waals surface area (Å²) in [5.41, 5.74) is 5.98. The van der Waals surface area contributed by atoms with Gasteiger partial charge in [0.25, 0.3) is 5.91 Å². The van der Waals surface area contributed by atoms with Crippen molar-refractivity contribution < 1.29 is 14.3 Å². The Morgan fingerprint density at radius 2 is 1.88 bits per heavy atom. The lowest BCUT2D eigenvalue weighted by atomic mass is 9.99. The third kappa shape index (κ3) is 7.34. The van der Waals surface area contributed by atoms with Crippen molar-refractivity contribution in [3.63, 3.8) is 0 Å². The Morgan fingerprint density at radius 3 is 2.50 bits per heavy atom. The molecule has 2 N–H and O–H groups in total. The van der Waals surface area contributed by atoms with Crippen LogP contribution in [0, 0.1) is 0 Å². The highest BCUT2D eigenvalue weighted by atomic mass is 79.9. The standard InChI is InChI=1S/C18H27BrN2O3/c1-4-6-7-8-17(22)20-21-18(23)12-24-16-10-9-14(11-15(16)19)13(3)5-2/h9-11,13H,4-8,12H2,1-3H3,(H,20,22)(H,21,23). The van der Waals surface area contributed by atoms with Crippen molar-refractivity contribution in [2.24, 2.45) is 0 Å². The van der Waals surface area contributed by atoms with Crippen molar-refractivity contribution in [3.8, 4) is 5.75 Å². The number of unbranched alkanes of at least 4 members (excludes halogenated alkanes) is 2. The van der Waals surface area contributed by atoms with Gasteiger partial charge in [-0.05, 0) is 52.4 Å². The number of benzene rings is 1. The van der Waals surface area contributed by atoms with Crippen LogP contribution in [0.2, 0.25) is 0 Å². The molecule has 0 aliphatic heterocycles. The number of nitrogens with one attached hydrogen (secondary N) is 2. The van der Waals surface area contributed by atoms with Gasteiger partial charge in [-0.2, -0.15) is 0 Å². The zero-order chi connectivity index (χ0) is 17.9. The highest BCUT2D eigenvalue weighted by molar-refractivity contribution is 9.10. The molecule has 1 aromatic carbocycles. The first-order valence-electron chi connectivity index (χ1n) is 8.47. The molecule has 24 heavy (non-hydrogen) atoms. The number of hydrazine groups is 1. The fourth-order valence-corrected chi connectivity index (χ4v) is 2.60. The summed E-state index contributed by atoms with van der Waals surface area (Å²) in [5.74, 6) is 0.501. The number of rotatable bonds is 9. The van der Waals surface area contributed by atoms with Gasteiger partial charge in [-0.25, -0.2) is 0 Å². The summed E-state index contributed by atoms with van der Waals surface area (Å²) in [6.45, 7) is 6.23. The topological polar surface area (TPSA) is 67.4 Å². The highest BCUT2D eigenvalue weighted by Crippen LogP contribution is 2.29. The molecule has 5 nitrogen and oxygen atoms in total. The van der Waals surface area contributed by atoms with Crippen molar-refractivity contribution in [1.82, 2.24) is 10.9 Å². The predicted molar refractivity (Wildman–Crippen MR) is 98.8 cm³/mol. The molecule has 0 bridgehead atoms. The number of halogens is 1. The average molecular weight is 399 g/mol. The molecule has 0 saturated carbocycles. The van der Waals surface area contributed by atoms with Gasteiger partial charge < -0.3 is 4.74 Å². The molecule has 0 heterocycles. The Morgan fingerprint density at radius 1 is 1.17 bits per heavy atom. The first-order valence-corrected chi connectivity index (χ1v) is 9.27. The molecular formula is C18H27BrN2O3. The maximum Gasteiger partial charge on any atom is 0.276 e. The maximum atomic E-state index is 11.7. The minimum Gasteiger partial charge on any atom is -0.483 e. The van der Waals surface area contributed by atoms with E-state index < -0.39 is 5.91 Å². The maximum absolute atomic E-state index is 11.7. The van der Waals surface area contributed by atoms with Crippen molar-refractivity contribution >= 4 is 27.7 Å². The lowest BCUT2D eigenvalue weighted by Crippen LogP contribution is -2.43. The molecule has 0 aliphatic rings. The molecule has 1 atom stereocenters. The molecule has 134 valence electrons. The number of carbonyl (C=O) groups excluding carboxylic acids is 2. The van der Waals surface area contributed by atoms with Crippen LogP contribution in [0.4, 0.5) is 0 Å². The Bertz CT molecular complexity index is 549. The van der Waals surface area contributed by atoms with Crippen molar-refractivity contribution in [3.05, 3.63) is 28.2 Å². The molecule has 1 rings (SSSR count). The summed E-state index contributed by atoms with van der Waals surface area (Å²) in [7, 11) is 0. The van der Waals surface area contributed by atoms with Gasteiger partial charge in [0.2, 0.25) is 5.91 Å². The van der Waals surface area contributed by atoms with Crippen LogP contribution in [0.5, 0.6) is 5.75 Å². The van der Waals surface area contributed by atoms with Crippen LogP contribution in [0.3, 0.4) is 0 Å². The van der Waals surface area contributed by atoms with Gasteiger partial charge in [0.05, 0.1) is 4.47 Å². The van der Waals surface area contributed by atoms with Crippen molar-refractivity contribution in [2.75, 3.05) is 6.61 Å². The molecule has 0 radical (unpaired) electrons. The Hall–Kier alpha value is -1.56. The van der Waals surface area contributed by atoms with Crippen LogP contribution in [-0.2, 0) is 9.59 Å². The van der Waals surface area contributed by atoms with Crippen LogP contribution >= 0.6 is 15.9 Å². The van der Waals surface area contributed by atoms with Crippen LogP contribution in [-0.4, -0.2) is 18.4 Å². The van der Waals surface area contributed by atoms with Crippen LogP contribution in [0.1, 0.15) is 64.4 Å². The Labute approximate surface area is 152 Å². The van der Waals surface area contributed by atoms with Gasteiger partial charge in [-0.15, -0.1) is 0 Å². The lowest BCUT2D eigenvalue weighted by Gasteiger charge is -2.13. The summed E-state index contributed by atoms with van der Waals surface area (Å²) >= 11 is 3.47. The van der Waals surface area contributed by atoms with Gasteiger partial charge in [-0.3, -0.25) is 20.4 Å². The predicted octanol–water partition coefficient (Wildman–Crippen LogP) is 4.07. The molecule has 0 saturated heterocycles. The van der Waals surface area contributed by atoms with E-state index in [2.05, 4.69) is 47.6 Å². The highest BCUT2D eigenvalue weighted by Gasteiger charge is 2.10. The van der Waals surface area contributed by atoms with E-state index in [1.165, 1.54) is 5.56 Å². The molecule has 0 aromatic heterocycles. The Balaban J connectivity index is 2.38. The smallest absolute Gasteiger partial charge is 0.276 e. The second-order valence-electron chi connectivity index (χ2n) is 5.84. The first-order chi connectivity index (χ1) is 11.5. The van der Waals surface area contributed by atoms with E-state index in [0.29, 0.717) is 18.1 Å². The summed E-state index contributed by atoms with van der Waals surface area (Å²) in [5, 5.41) is 0. The summed E-state index contributed by atoms with van der Waals surface area (Å²) in [6.07, 6.45) is 4.36. The SMILES string of the molecule is CCCCCC(=O)NNC(=O)COc1ccc(C(C)CC)cc1Br. The number of hydrogen-bond donors (Lipinski definition) is 2. The van der Waals surface area contributed by atoms with E-state index in [1.807, 2.05) is 18.2 Å². The second kappa shape index (κ2) is 11.1. The van der Waals surface area contributed by atoms with Crippen LogP contribution in [0.25, 0.3) is 0 Å². The molecule has 0 spiro atoms. The molecule has 0 aliphatic carbocycles. The molecular weight excluding hydrogens is 372 g/mol. The monoisotopic (exact) mass is 398 g/mol. The van der Waals surface area contributed by atoms with Crippen molar-refractivity contribution in [1.29, 1.82) is 0 Å². The normalized spacial score (nSPS) is 11.7. The fourth-order valence-electron chi connectivity index (χ4n) is 2.09. The molecule has 1 unspecified atom stereocenters. The van der Waals surface area contributed by atoms with Gasteiger partial charge in [0.1, 0.15) is 5.75 Å². The summed E-state index contributed by atoms with van der Waals surface area (Å²) in [6, 6.07) is 5.86. The van der Waals surface area contributed by atoms with Crippen LogP contribution in [0.15, 0.2) is 22.7 Å². The molecule has 6 heteroatoms. The van der Waals surface area contributed by atoms with E-state index in [9.17, 15) is 9.59 Å². The van der Waals surface area contributed by atoms with E-state index in [4.69, 9.17) is 4.74 Å². The van der Waals surface area contributed by atoms with Gasteiger partial charge in [0, 0.05) is 6.42 Å². The molecule has 0 fully saturated rings. The third-order valence-electron chi connectivity index (χ3n) is 3.84. The van der Waals surface area contributed by atoms with Gasteiger partial charge in [0.15, 0.2) is 6.61 Å². The van der Waals surface area contributed by atoms with E-state index in [0.717, 1.165) is 30.2 Å². The largest absolute Gasteiger partial charge is 0.483 e. The number of hydrogen-bond acceptors (Lipinski definition) is 3. The van der Waals surface area contributed by atoms with Gasteiger partial charge in [-0.1, -0.05) is 39.7 Å². The zero-order valence-electron chi connectivity index (χ0n) is 14.7. The van der Waals surface area contributed by atoms with Crippen LogP contribution < -0.4 is 15.6 Å². The lowest BCUT2D eigenvalue weighted by molar-refractivity contribution is -0.130. The third-order valence-corrected chi connectivity index (χ3v) is 4.46. The minimum atomic E-state index is -0.392. The van der Waals surface area contributed by atoms with E-state index in [1.54, 1.807) is 0 Å². The molecule has 1 aromatic rings. The summed E-state index contributed by atoms with van der Waals surface area (Å²) in [4.78, 5) is 23.2. The quantitative estimate of drug-likeness (QED) is 0.486. The fraction of sp³-hybridized carbons (Fsp3) is 0.556. The van der Waals surface area contributed by atoms with E-state index >= 15 is 0 Å². The first kappa shape index (κ1) is 20.5. The minimum absolute atomic E-state index is 0.156. The zero-order valence-corrected chi connectivity index (χ0v) is 16.2. The number of ether oxygens (including phenoxy) is 1. The van der Waals surface area contributed by atoms with Gasteiger partial charge >= 0.3 is 0 Å². The van der Waals surface area contributed by atoms with Crippen molar-refractivity contribution in [2.45, 2.75) is 58.8 Å². The number of carbonyl (C=O) groups is 2. The van der Waals surface area contributed by atoms with E-state index in [-0.39, 0.29) is 12.5 Å². The summed E-state index contributed by atoms with van der Waals surface area (Å²) < 4.78 is 6.30. The number of amides is 2.